The highest BCUT2D eigenvalue weighted by Gasteiger charge is 2.50. The Bertz CT molecular complexity index is 507. The number of hydrogen-bond donors (Lipinski definition) is 1. The molecule has 20 heavy (non-hydrogen) atoms. The van der Waals surface area contributed by atoms with Crippen LogP contribution in [0.4, 0.5) is 0 Å². The van der Waals surface area contributed by atoms with E-state index in [1.54, 1.807) is 0 Å². The van der Waals surface area contributed by atoms with Crippen molar-refractivity contribution in [3.05, 3.63) is 11.6 Å². The predicted molar refractivity (Wildman–Crippen MR) is 76.0 cm³/mol. The fourth-order valence-electron chi connectivity index (χ4n) is 5.89. The minimum Gasteiger partial charge on any atom is -0.321 e. The van der Waals surface area contributed by atoms with E-state index in [1.165, 1.54) is 32.1 Å². The summed E-state index contributed by atoms with van der Waals surface area (Å²) in [6.07, 6.45) is 9.48. The standard InChI is InChI=1S/C16H24N4/c17-13-2-1-3-20-16(13)18-15(19-20)14-11-5-9-4-10(7-11)8-12(14)6-9/h9-14H,1-8,17H2. The third-order valence-electron chi connectivity index (χ3n) is 6.46. The third kappa shape index (κ3) is 1.57. The monoisotopic (exact) mass is 272 g/mol. The van der Waals surface area contributed by atoms with Crippen molar-refractivity contribution < 1.29 is 0 Å². The average molecular weight is 272 g/mol. The zero-order valence-corrected chi connectivity index (χ0v) is 12.0. The maximum absolute atomic E-state index is 6.21. The first kappa shape index (κ1) is 11.7. The zero-order valence-electron chi connectivity index (χ0n) is 12.0. The Hall–Kier alpha value is -0.900. The van der Waals surface area contributed by atoms with Crippen LogP contribution in [0.1, 0.15) is 68.6 Å². The minimum atomic E-state index is 0.113. The summed E-state index contributed by atoms with van der Waals surface area (Å²) in [6.45, 7) is 1.02. The molecule has 2 N–H and O–H groups in total. The van der Waals surface area contributed by atoms with Gasteiger partial charge >= 0.3 is 0 Å². The normalized spacial score (nSPS) is 45.6. The van der Waals surface area contributed by atoms with Crippen molar-refractivity contribution in [2.75, 3.05) is 0 Å². The number of nitrogens with two attached hydrogens (primary N) is 1. The molecule has 6 rings (SSSR count). The Labute approximate surface area is 120 Å². The van der Waals surface area contributed by atoms with Gasteiger partial charge < -0.3 is 5.73 Å². The topological polar surface area (TPSA) is 56.7 Å². The second kappa shape index (κ2) is 4.06. The molecule has 4 fully saturated rings. The summed E-state index contributed by atoms with van der Waals surface area (Å²) in [4.78, 5) is 4.90. The Morgan fingerprint density at radius 2 is 1.70 bits per heavy atom. The van der Waals surface area contributed by atoms with Crippen molar-refractivity contribution in [2.45, 2.75) is 63.5 Å². The summed E-state index contributed by atoms with van der Waals surface area (Å²) in [5.41, 5.74) is 6.21. The summed E-state index contributed by atoms with van der Waals surface area (Å²) in [7, 11) is 0. The lowest BCUT2D eigenvalue weighted by atomic mass is 9.52. The van der Waals surface area contributed by atoms with Crippen LogP contribution in [0.5, 0.6) is 0 Å². The van der Waals surface area contributed by atoms with E-state index in [4.69, 9.17) is 15.8 Å². The van der Waals surface area contributed by atoms with Crippen molar-refractivity contribution in [1.82, 2.24) is 14.8 Å². The van der Waals surface area contributed by atoms with Crippen LogP contribution in [0.15, 0.2) is 0 Å². The van der Waals surface area contributed by atoms with Gasteiger partial charge in [0.25, 0.3) is 0 Å². The van der Waals surface area contributed by atoms with Gasteiger partial charge in [0.05, 0.1) is 6.04 Å². The molecule has 4 nitrogen and oxygen atoms in total. The van der Waals surface area contributed by atoms with E-state index >= 15 is 0 Å². The van der Waals surface area contributed by atoms with Gasteiger partial charge in [-0.3, -0.25) is 0 Å². The smallest absolute Gasteiger partial charge is 0.154 e. The predicted octanol–water partition coefficient (Wildman–Crippen LogP) is 2.61. The first-order chi connectivity index (χ1) is 9.78. The first-order valence-electron chi connectivity index (χ1n) is 8.48. The molecule has 0 amide bonds. The Balaban J connectivity index is 1.51. The van der Waals surface area contributed by atoms with Crippen LogP contribution in [0.3, 0.4) is 0 Å². The molecule has 0 aromatic carbocycles. The fraction of sp³-hybridized carbons (Fsp3) is 0.875. The van der Waals surface area contributed by atoms with E-state index in [9.17, 15) is 0 Å². The highest BCUT2D eigenvalue weighted by atomic mass is 15.4. The molecular formula is C16H24N4. The third-order valence-corrected chi connectivity index (χ3v) is 6.46. The quantitative estimate of drug-likeness (QED) is 0.855. The summed E-state index contributed by atoms with van der Waals surface area (Å²) < 4.78 is 2.11. The first-order valence-corrected chi connectivity index (χ1v) is 8.48. The minimum absolute atomic E-state index is 0.113. The van der Waals surface area contributed by atoms with Gasteiger partial charge in [-0.1, -0.05) is 0 Å². The molecule has 1 aliphatic heterocycles. The van der Waals surface area contributed by atoms with E-state index in [-0.39, 0.29) is 6.04 Å². The molecule has 0 spiro atoms. The molecule has 108 valence electrons. The van der Waals surface area contributed by atoms with Crippen LogP contribution in [0.2, 0.25) is 0 Å². The highest BCUT2D eigenvalue weighted by molar-refractivity contribution is 5.13. The Morgan fingerprint density at radius 3 is 2.35 bits per heavy atom. The fourth-order valence-corrected chi connectivity index (χ4v) is 5.89. The lowest BCUT2D eigenvalue weighted by molar-refractivity contribution is -0.00569. The molecule has 1 aromatic heterocycles. The second-order valence-corrected chi connectivity index (χ2v) is 7.76. The van der Waals surface area contributed by atoms with Crippen LogP contribution >= 0.6 is 0 Å². The molecule has 5 aliphatic rings. The summed E-state index contributed by atoms with van der Waals surface area (Å²) >= 11 is 0. The van der Waals surface area contributed by atoms with E-state index in [1.807, 2.05) is 0 Å². The van der Waals surface area contributed by atoms with Gasteiger partial charge in [-0.25, -0.2) is 9.67 Å². The van der Waals surface area contributed by atoms with E-state index in [0.29, 0.717) is 5.92 Å². The maximum Gasteiger partial charge on any atom is 0.154 e. The SMILES string of the molecule is NC1CCCn2nc(C3C4CC5CC(C4)CC3C5)nc21. The van der Waals surface area contributed by atoms with Crippen molar-refractivity contribution >= 4 is 0 Å². The number of aromatic nitrogens is 3. The average Bonchev–Trinajstić information content (AvgIpc) is 2.82. The molecule has 0 saturated heterocycles. The van der Waals surface area contributed by atoms with Crippen LogP contribution in [-0.4, -0.2) is 14.8 Å². The molecule has 4 saturated carbocycles. The number of nitrogens with zero attached hydrogens (tertiary/aromatic N) is 3. The van der Waals surface area contributed by atoms with E-state index in [0.717, 1.165) is 54.7 Å². The van der Waals surface area contributed by atoms with Crippen LogP contribution < -0.4 is 5.73 Å². The van der Waals surface area contributed by atoms with Gasteiger partial charge in [-0.15, -0.1) is 0 Å². The van der Waals surface area contributed by atoms with Crippen LogP contribution in [0, 0.1) is 23.7 Å². The lowest BCUT2D eigenvalue weighted by Crippen LogP contribution is -2.44. The molecule has 1 aromatic rings. The summed E-state index contributed by atoms with van der Waals surface area (Å²) in [5.74, 6) is 6.62. The number of rotatable bonds is 1. The molecule has 1 unspecified atom stereocenters. The highest BCUT2D eigenvalue weighted by Crippen LogP contribution is 2.59. The van der Waals surface area contributed by atoms with Gasteiger partial charge in [0.2, 0.25) is 0 Å². The van der Waals surface area contributed by atoms with Crippen LogP contribution in [-0.2, 0) is 6.54 Å². The van der Waals surface area contributed by atoms with Crippen molar-refractivity contribution in [2.24, 2.45) is 29.4 Å². The molecule has 2 heterocycles. The second-order valence-electron chi connectivity index (χ2n) is 7.76. The van der Waals surface area contributed by atoms with Crippen molar-refractivity contribution in [1.29, 1.82) is 0 Å². The molecular weight excluding hydrogens is 248 g/mol. The number of hydrogen-bond acceptors (Lipinski definition) is 3. The van der Waals surface area contributed by atoms with Gasteiger partial charge in [0, 0.05) is 12.5 Å². The van der Waals surface area contributed by atoms with Gasteiger partial charge in [0.15, 0.2) is 5.82 Å². The van der Waals surface area contributed by atoms with Gasteiger partial charge in [0.1, 0.15) is 5.82 Å². The maximum atomic E-state index is 6.21. The Morgan fingerprint density at radius 1 is 1.00 bits per heavy atom. The van der Waals surface area contributed by atoms with Gasteiger partial charge in [-0.2, -0.15) is 5.10 Å². The van der Waals surface area contributed by atoms with E-state index < -0.39 is 0 Å². The zero-order chi connectivity index (χ0) is 13.3. The number of aryl methyl sites for hydroxylation is 1. The summed E-state index contributed by atoms with van der Waals surface area (Å²) in [6, 6.07) is 0.113. The van der Waals surface area contributed by atoms with E-state index in [2.05, 4.69) is 4.68 Å². The molecule has 0 radical (unpaired) electrons. The van der Waals surface area contributed by atoms with Crippen LogP contribution in [0.25, 0.3) is 0 Å². The molecule has 4 bridgehead atoms. The molecule has 4 heteroatoms. The summed E-state index contributed by atoms with van der Waals surface area (Å²) in [5, 5.41) is 4.87. The molecule has 1 atom stereocenters. The van der Waals surface area contributed by atoms with Gasteiger partial charge in [-0.05, 0) is 68.6 Å². The largest absolute Gasteiger partial charge is 0.321 e. The Kier molecular flexibility index (Phi) is 2.38. The lowest BCUT2D eigenvalue weighted by Gasteiger charge is -2.53. The number of fused-ring (bicyclic) bond motifs is 1. The van der Waals surface area contributed by atoms with Crippen molar-refractivity contribution in [3.63, 3.8) is 0 Å². The van der Waals surface area contributed by atoms with Crippen molar-refractivity contribution in [3.8, 4) is 0 Å². The molecule has 4 aliphatic carbocycles.